The Morgan fingerprint density at radius 3 is 1.83 bits per heavy atom. The molecule has 0 spiro atoms. The molecule has 0 amide bonds. The van der Waals surface area contributed by atoms with Gasteiger partial charge in [0.1, 0.15) is 0 Å². The second-order valence-electron chi connectivity index (χ2n) is 5.14. The minimum absolute atomic E-state index is 0.267. The van der Waals surface area contributed by atoms with E-state index >= 15 is 0 Å². The van der Waals surface area contributed by atoms with Gasteiger partial charge in [0.15, 0.2) is 0 Å². The Kier molecular flexibility index (Phi) is 5.81. The Morgan fingerprint density at radius 1 is 0.944 bits per heavy atom. The van der Waals surface area contributed by atoms with Crippen LogP contribution in [0.5, 0.6) is 0 Å². The first-order valence-electron chi connectivity index (χ1n) is 5.65. The fourth-order valence-corrected chi connectivity index (χ4v) is 0.845. The van der Waals surface area contributed by atoms with Gasteiger partial charge in [0.05, 0.1) is 5.92 Å². The fraction of sp³-hybridized carbons (Fsp3) is 0.750. The average Bonchev–Trinajstić information content (AvgIpc) is 2.22. The van der Waals surface area contributed by atoms with Crippen molar-refractivity contribution in [3.8, 4) is 0 Å². The van der Waals surface area contributed by atoms with E-state index in [1.165, 1.54) is 6.92 Å². The van der Waals surface area contributed by atoms with Gasteiger partial charge < -0.3 is 4.74 Å². The Morgan fingerprint density at radius 2 is 1.44 bits per heavy atom. The lowest BCUT2D eigenvalue weighted by molar-refractivity contribution is -0.263. The molecule has 0 N–H and O–H groups in total. The van der Waals surface area contributed by atoms with Crippen LogP contribution in [-0.2, 0) is 28.9 Å². The van der Waals surface area contributed by atoms with E-state index in [1.807, 2.05) is 20.8 Å². The van der Waals surface area contributed by atoms with Gasteiger partial charge in [-0.3, -0.25) is 4.79 Å². The van der Waals surface area contributed by atoms with Crippen molar-refractivity contribution in [3.05, 3.63) is 0 Å². The fourth-order valence-electron chi connectivity index (χ4n) is 0.845. The molecule has 0 bridgehead atoms. The summed E-state index contributed by atoms with van der Waals surface area (Å²) >= 11 is 0. The first-order valence-corrected chi connectivity index (χ1v) is 5.65. The second-order valence-corrected chi connectivity index (χ2v) is 5.14. The number of carbonyl (C=O) groups is 3. The van der Waals surface area contributed by atoms with Crippen LogP contribution in [0.4, 0.5) is 0 Å². The van der Waals surface area contributed by atoms with Crippen molar-refractivity contribution in [2.45, 2.75) is 47.6 Å². The highest BCUT2D eigenvalue weighted by atomic mass is 17.2. The molecule has 0 saturated carbocycles. The number of rotatable bonds is 3. The second kappa shape index (κ2) is 6.37. The molecule has 0 aliphatic carbocycles. The minimum Gasteiger partial charge on any atom is -0.450 e. The lowest BCUT2D eigenvalue weighted by Crippen LogP contribution is -2.33. The number of hydrogen-bond donors (Lipinski definition) is 0. The monoisotopic (exact) mass is 260 g/mol. The predicted octanol–water partition coefficient (Wildman–Crippen LogP) is 1.62. The third-order valence-electron chi connectivity index (χ3n) is 2.52. The van der Waals surface area contributed by atoms with Gasteiger partial charge >= 0.3 is 17.9 Å². The maximum absolute atomic E-state index is 11.7. The molecule has 0 aliphatic rings. The molecule has 0 aromatic rings. The molecule has 6 heteroatoms. The summed E-state index contributed by atoms with van der Waals surface area (Å²) in [5, 5.41) is 0. The number of hydrogen-bond acceptors (Lipinski definition) is 6. The highest BCUT2D eigenvalue weighted by Gasteiger charge is 2.31. The van der Waals surface area contributed by atoms with Crippen molar-refractivity contribution >= 4 is 17.9 Å². The van der Waals surface area contributed by atoms with Gasteiger partial charge in [0.2, 0.25) is 6.10 Å². The normalized spacial score (nSPS) is 14.3. The zero-order valence-corrected chi connectivity index (χ0v) is 11.6. The van der Waals surface area contributed by atoms with Crippen LogP contribution in [0.25, 0.3) is 0 Å². The van der Waals surface area contributed by atoms with E-state index in [0.717, 1.165) is 6.92 Å². The Hall–Kier alpha value is -1.59. The standard InChI is InChI=1S/C12H20O6/c1-7(12(4,5)6)10(14)16-8(2)11(15)18-17-9(3)13/h7-8H,1-6H3. The van der Waals surface area contributed by atoms with Crippen LogP contribution in [-0.4, -0.2) is 24.0 Å². The Bertz CT molecular complexity index is 328. The van der Waals surface area contributed by atoms with E-state index < -0.39 is 24.0 Å². The molecule has 104 valence electrons. The molecule has 0 aromatic carbocycles. The van der Waals surface area contributed by atoms with Crippen molar-refractivity contribution in [2.75, 3.05) is 0 Å². The van der Waals surface area contributed by atoms with Crippen LogP contribution >= 0.6 is 0 Å². The number of ether oxygens (including phenoxy) is 1. The number of esters is 1. The molecule has 0 aliphatic heterocycles. The molecule has 0 radical (unpaired) electrons. The van der Waals surface area contributed by atoms with Crippen LogP contribution < -0.4 is 0 Å². The van der Waals surface area contributed by atoms with Crippen molar-refractivity contribution in [1.29, 1.82) is 0 Å². The predicted molar refractivity (Wildman–Crippen MR) is 62.0 cm³/mol. The van der Waals surface area contributed by atoms with Gasteiger partial charge in [-0.1, -0.05) is 27.7 Å². The molecule has 2 atom stereocenters. The molecular formula is C12H20O6. The first kappa shape index (κ1) is 16.4. The van der Waals surface area contributed by atoms with Gasteiger partial charge in [0, 0.05) is 6.92 Å². The van der Waals surface area contributed by atoms with E-state index in [0.29, 0.717) is 0 Å². The zero-order chi connectivity index (χ0) is 14.5. The first-order chi connectivity index (χ1) is 8.05. The molecule has 0 fully saturated rings. The maximum Gasteiger partial charge on any atom is 0.395 e. The minimum atomic E-state index is -1.12. The van der Waals surface area contributed by atoms with Gasteiger partial charge in [-0.15, -0.1) is 0 Å². The molecule has 2 unspecified atom stereocenters. The lowest BCUT2D eigenvalue weighted by Gasteiger charge is -2.26. The SMILES string of the molecule is CC(=O)OOC(=O)C(C)OC(=O)C(C)C(C)(C)C. The summed E-state index contributed by atoms with van der Waals surface area (Å²) < 4.78 is 4.93. The summed E-state index contributed by atoms with van der Waals surface area (Å²) in [7, 11) is 0. The number of carbonyl (C=O) groups excluding carboxylic acids is 3. The molecule has 0 saturated heterocycles. The Labute approximate surface area is 107 Å². The van der Waals surface area contributed by atoms with E-state index in [9.17, 15) is 14.4 Å². The van der Waals surface area contributed by atoms with E-state index in [4.69, 9.17) is 4.74 Å². The van der Waals surface area contributed by atoms with Crippen LogP contribution in [0.3, 0.4) is 0 Å². The molecule has 18 heavy (non-hydrogen) atoms. The molecule has 0 heterocycles. The zero-order valence-electron chi connectivity index (χ0n) is 11.6. The van der Waals surface area contributed by atoms with E-state index in [-0.39, 0.29) is 11.3 Å². The summed E-state index contributed by atoms with van der Waals surface area (Å²) in [6, 6.07) is 0. The van der Waals surface area contributed by atoms with Crippen molar-refractivity contribution in [2.24, 2.45) is 11.3 Å². The third-order valence-corrected chi connectivity index (χ3v) is 2.52. The lowest BCUT2D eigenvalue weighted by atomic mass is 9.82. The van der Waals surface area contributed by atoms with Crippen LogP contribution in [0.1, 0.15) is 41.5 Å². The highest BCUT2D eigenvalue weighted by Crippen LogP contribution is 2.26. The van der Waals surface area contributed by atoms with Crippen molar-refractivity contribution < 1.29 is 28.9 Å². The average molecular weight is 260 g/mol. The Balaban J connectivity index is 4.31. The van der Waals surface area contributed by atoms with Crippen LogP contribution in [0.2, 0.25) is 0 Å². The maximum atomic E-state index is 11.7. The van der Waals surface area contributed by atoms with Gasteiger partial charge in [-0.25, -0.2) is 19.4 Å². The van der Waals surface area contributed by atoms with Gasteiger partial charge in [-0.05, 0) is 12.3 Å². The smallest absolute Gasteiger partial charge is 0.395 e. The summed E-state index contributed by atoms with van der Waals surface area (Å²) in [6.45, 7) is 9.82. The van der Waals surface area contributed by atoms with Crippen LogP contribution in [0, 0.1) is 11.3 Å². The van der Waals surface area contributed by atoms with Crippen LogP contribution in [0.15, 0.2) is 0 Å². The quantitative estimate of drug-likeness (QED) is 0.436. The van der Waals surface area contributed by atoms with Crippen molar-refractivity contribution in [3.63, 3.8) is 0 Å². The highest BCUT2D eigenvalue weighted by molar-refractivity contribution is 5.80. The summed E-state index contributed by atoms with van der Waals surface area (Å²) in [4.78, 5) is 41.6. The summed E-state index contributed by atoms with van der Waals surface area (Å²) in [6.07, 6.45) is -1.12. The topological polar surface area (TPSA) is 78.9 Å². The van der Waals surface area contributed by atoms with Gasteiger partial charge in [-0.2, -0.15) is 0 Å². The van der Waals surface area contributed by atoms with E-state index in [2.05, 4.69) is 9.78 Å². The molecule has 6 nitrogen and oxygen atoms in total. The summed E-state index contributed by atoms with van der Waals surface area (Å²) in [5.74, 6) is -2.57. The molecule has 0 rings (SSSR count). The van der Waals surface area contributed by atoms with E-state index in [1.54, 1.807) is 6.92 Å². The molecule has 0 aromatic heterocycles. The third kappa shape index (κ3) is 5.65. The summed E-state index contributed by atoms with van der Waals surface area (Å²) in [5.41, 5.74) is -0.267. The van der Waals surface area contributed by atoms with Crippen molar-refractivity contribution in [1.82, 2.24) is 0 Å². The largest absolute Gasteiger partial charge is 0.450 e. The molecular weight excluding hydrogens is 240 g/mol. The van der Waals surface area contributed by atoms with Gasteiger partial charge in [0.25, 0.3) is 0 Å².